The molecule has 0 fully saturated rings. The first kappa shape index (κ1) is 14.7. The Hall–Kier alpha value is -0.350. The van der Waals surface area contributed by atoms with Gasteiger partial charge in [-0.2, -0.15) is 0 Å². The summed E-state index contributed by atoms with van der Waals surface area (Å²) in [6.45, 7) is 4.03. The summed E-state index contributed by atoms with van der Waals surface area (Å²) in [6.07, 6.45) is 0.428. The highest BCUT2D eigenvalue weighted by molar-refractivity contribution is 9.09. The van der Waals surface area contributed by atoms with Crippen molar-refractivity contribution in [2.24, 2.45) is 0 Å². The van der Waals surface area contributed by atoms with Crippen LogP contribution in [0.3, 0.4) is 0 Å². The number of hydrogen-bond acceptors (Lipinski definition) is 1. The Bertz CT molecular complexity index is 389. The van der Waals surface area contributed by atoms with Crippen LogP contribution in [0.1, 0.15) is 18.1 Å². The van der Waals surface area contributed by atoms with Crippen LogP contribution in [0.15, 0.2) is 24.3 Å². The van der Waals surface area contributed by atoms with Gasteiger partial charge >= 0.3 is 0 Å². The molecule has 0 saturated heterocycles. The molecule has 1 aromatic rings. The second-order valence-electron chi connectivity index (χ2n) is 4.54. The monoisotopic (exact) mass is 361 g/mol. The SMILES string of the molecule is Cc1cccc(CC(=O)NC(C)(CBr)CBr)c1. The molecule has 0 radical (unpaired) electrons. The van der Waals surface area contributed by atoms with Crippen LogP contribution < -0.4 is 5.32 Å². The molecule has 0 spiro atoms. The molecule has 94 valence electrons. The van der Waals surface area contributed by atoms with Crippen LogP contribution in [-0.2, 0) is 11.2 Å². The fourth-order valence-electron chi connectivity index (χ4n) is 1.49. The smallest absolute Gasteiger partial charge is 0.224 e. The minimum atomic E-state index is -0.235. The predicted molar refractivity (Wildman–Crippen MR) is 79.0 cm³/mol. The molecule has 0 aromatic heterocycles. The maximum Gasteiger partial charge on any atom is 0.224 e. The minimum Gasteiger partial charge on any atom is -0.349 e. The number of carbonyl (C=O) groups excluding carboxylic acids is 1. The largest absolute Gasteiger partial charge is 0.349 e. The van der Waals surface area contributed by atoms with Crippen molar-refractivity contribution < 1.29 is 4.79 Å². The molecule has 0 unspecified atom stereocenters. The van der Waals surface area contributed by atoms with Crippen LogP contribution in [0.5, 0.6) is 0 Å². The Kier molecular flexibility index (Phi) is 5.67. The number of rotatable bonds is 5. The van der Waals surface area contributed by atoms with E-state index in [0.717, 1.165) is 16.2 Å². The van der Waals surface area contributed by atoms with Crippen molar-refractivity contribution in [3.63, 3.8) is 0 Å². The maximum absolute atomic E-state index is 11.9. The summed E-state index contributed by atoms with van der Waals surface area (Å²) >= 11 is 6.83. The van der Waals surface area contributed by atoms with Gasteiger partial charge in [-0.15, -0.1) is 0 Å². The van der Waals surface area contributed by atoms with E-state index in [1.165, 1.54) is 5.56 Å². The first-order valence-corrected chi connectivity index (χ1v) is 7.72. The van der Waals surface area contributed by atoms with Crippen LogP contribution in [0, 0.1) is 6.92 Å². The fourth-order valence-corrected chi connectivity index (χ4v) is 2.70. The lowest BCUT2D eigenvalue weighted by Crippen LogP contribution is -2.49. The summed E-state index contributed by atoms with van der Waals surface area (Å²) in [5, 5.41) is 4.48. The molecular formula is C13H17Br2NO. The topological polar surface area (TPSA) is 29.1 Å². The molecule has 1 amide bonds. The van der Waals surface area contributed by atoms with Gasteiger partial charge in [-0.25, -0.2) is 0 Å². The predicted octanol–water partition coefficient (Wildman–Crippen LogP) is 3.20. The summed E-state index contributed by atoms with van der Waals surface area (Å²) < 4.78 is 0. The minimum absolute atomic E-state index is 0.0528. The molecule has 2 nitrogen and oxygen atoms in total. The molecular weight excluding hydrogens is 346 g/mol. The van der Waals surface area contributed by atoms with Crippen molar-refractivity contribution in [3.8, 4) is 0 Å². The number of carbonyl (C=O) groups is 1. The highest BCUT2D eigenvalue weighted by Gasteiger charge is 2.23. The maximum atomic E-state index is 11.9. The molecule has 0 saturated carbocycles. The zero-order chi connectivity index (χ0) is 12.9. The van der Waals surface area contributed by atoms with Crippen LogP contribution in [0.4, 0.5) is 0 Å². The van der Waals surface area contributed by atoms with Crippen molar-refractivity contribution >= 4 is 37.8 Å². The number of hydrogen-bond donors (Lipinski definition) is 1. The summed E-state index contributed by atoms with van der Waals surface area (Å²) in [5.74, 6) is 0.0528. The van der Waals surface area contributed by atoms with Crippen molar-refractivity contribution in [2.75, 3.05) is 10.7 Å². The molecule has 0 bridgehead atoms. The van der Waals surface area contributed by atoms with Crippen molar-refractivity contribution in [1.29, 1.82) is 0 Å². The molecule has 1 aromatic carbocycles. The van der Waals surface area contributed by atoms with E-state index in [4.69, 9.17) is 0 Å². The third-order valence-electron chi connectivity index (χ3n) is 2.48. The summed E-state index contributed by atoms with van der Waals surface area (Å²) in [6, 6.07) is 8.03. The Labute approximate surface area is 119 Å². The Balaban J connectivity index is 2.61. The van der Waals surface area contributed by atoms with Crippen molar-refractivity contribution in [1.82, 2.24) is 5.32 Å². The van der Waals surface area contributed by atoms with Gasteiger partial charge in [0.05, 0.1) is 12.0 Å². The number of aryl methyl sites for hydroxylation is 1. The lowest BCUT2D eigenvalue weighted by Gasteiger charge is -2.26. The average molecular weight is 363 g/mol. The quantitative estimate of drug-likeness (QED) is 0.800. The van der Waals surface area contributed by atoms with Gasteiger partial charge in [0.2, 0.25) is 5.91 Å². The lowest BCUT2D eigenvalue weighted by molar-refractivity contribution is -0.121. The summed E-state index contributed by atoms with van der Waals surface area (Å²) in [7, 11) is 0. The number of nitrogens with one attached hydrogen (secondary N) is 1. The number of amides is 1. The molecule has 1 rings (SSSR count). The number of alkyl halides is 2. The van der Waals surface area contributed by atoms with E-state index in [1.54, 1.807) is 0 Å². The number of benzene rings is 1. The third-order valence-corrected chi connectivity index (χ3v) is 4.95. The van der Waals surface area contributed by atoms with Gasteiger partial charge in [-0.05, 0) is 19.4 Å². The van der Waals surface area contributed by atoms with E-state index in [2.05, 4.69) is 37.2 Å². The van der Waals surface area contributed by atoms with Crippen molar-refractivity contribution in [2.45, 2.75) is 25.8 Å². The van der Waals surface area contributed by atoms with Gasteiger partial charge < -0.3 is 5.32 Å². The van der Waals surface area contributed by atoms with E-state index >= 15 is 0 Å². The molecule has 0 aliphatic carbocycles. The zero-order valence-electron chi connectivity index (χ0n) is 10.1. The van der Waals surface area contributed by atoms with E-state index < -0.39 is 0 Å². The van der Waals surface area contributed by atoms with E-state index in [-0.39, 0.29) is 11.4 Å². The van der Waals surface area contributed by atoms with Gasteiger partial charge in [0.1, 0.15) is 0 Å². The highest BCUT2D eigenvalue weighted by atomic mass is 79.9. The van der Waals surface area contributed by atoms with Crippen LogP contribution in [0.25, 0.3) is 0 Å². The van der Waals surface area contributed by atoms with E-state index in [0.29, 0.717) is 6.42 Å². The van der Waals surface area contributed by atoms with Gasteiger partial charge in [0.15, 0.2) is 0 Å². The summed E-state index contributed by atoms with van der Waals surface area (Å²) in [4.78, 5) is 11.9. The first-order chi connectivity index (χ1) is 7.99. The Morgan fingerprint density at radius 1 is 1.35 bits per heavy atom. The Morgan fingerprint density at radius 2 is 2.00 bits per heavy atom. The lowest BCUT2D eigenvalue weighted by atomic mass is 10.1. The van der Waals surface area contributed by atoms with E-state index in [9.17, 15) is 4.79 Å². The normalized spacial score (nSPS) is 11.3. The highest BCUT2D eigenvalue weighted by Crippen LogP contribution is 2.12. The number of halogens is 2. The van der Waals surface area contributed by atoms with Crippen molar-refractivity contribution in [3.05, 3.63) is 35.4 Å². The summed E-state index contributed by atoms with van der Waals surface area (Å²) in [5.41, 5.74) is 1.99. The van der Waals surface area contributed by atoms with Gasteiger partial charge in [0, 0.05) is 10.7 Å². The molecule has 1 N–H and O–H groups in total. The van der Waals surface area contributed by atoms with Gasteiger partial charge in [-0.3, -0.25) is 4.79 Å². The molecule has 0 aliphatic rings. The Morgan fingerprint density at radius 3 is 2.53 bits per heavy atom. The second kappa shape index (κ2) is 6.55. The van der Waals surface area contributed by atoms with Crippen LogP contribution in [-0.4, -0.2) is 22.1 Å². The first-order valence-electron chi connectivity index (χ1n) is 5.47. The van der Waals surface area contributed by atoms with Crippen LogP contribution >= 0.6 is 31.9 Å². The molecule has 0 atom stereocenters. The zero-order valence-corrected chi connectivity index (χ0v) is 13.3. The van der Waals surface area contributed by atoms with Gasteiger partial charge in [0.25, 0.3) is 0 Å². The molecule has 4 heteroatoms. The van der Waals surface area contributed by atoms with Gasteiger partial charge in [-0.1, -0.05) is 61.7 Å². The second-order valence-corrected chi connectivity index (χ2v) is 5.66. The van der Waals surface area contributed by atoms with E-state index in [1.807, 2.05) is 38.1 Å². The molecule has 17 heavy (non-hydrogen) atoms. The molecule has 0 heterocycles. The third kappa shape index (κ3) is 4.80. The van der Waals surface area contributed by atoms with Crippen LogP contribution in [0.2, 0.25) is 0 Å². The molecule has 0 aliphatic heterocycles. The average Bonchev–Trinajstić information content (AvgIpc) is 2.28. The standard InChI is InChI=1S/C13H17Br2NO/c1-10-4-3-5-11(6-10)7-12(17)16-13(2,8-14)9-15/h3-6H,7-9H2,1-2H3,(H,16,17). The fraction of sp³-hybridized carbons (Fsp3) is 0.462.